The molecule has 0 aromatic heterocycles. The van der Waals surface area contributed by atoms with E-state index < -0.39 is 6.10 Å². The molecular weight excluding hydrogens is 973 g/mol. The standard InChI is InChI=1S/C73H112O6/c1-4-7-10-13-16-19-22-25-28-30-32-33-34-35-36-37-38-39-41-42-45-48-51-54-57-60-63-66-72(75)78-69-70(68-77-71(74)65-62-59-56-53-50-47-44-27-24-21-18-15-12-9-6-3)79-73(76)67-64-61-58-55-52-49-46-43-40-31-29-26-23-20-17-14-11-8-5-2/h7-12,16-21,25-29,32-33,35-36,38-40,43-44,49-50,52-53,70H,4-6,13-15,22-24,30-31,34,37,41-42,45-48,51,54-69H2,1-3H3/b10-7-,11-8-,12-9-,19-16-,20-17-,21-18-,28-25-,29-26-,33-32-,36-35-,39-38-,43-40-,44-27-,52-49-,53-50-. The first-order valence-corrected chi connectivity index (χ1v) is 31.3. The predicted molar refractivity (Wildman–Crippen MR) is 343 cm³/mol. The Bertz CT molecular complexity index is 1870. The molecule has 0 saturated heterocycles. The van der Waals surface area contributed by atoms with Gasteiger partial charge >= 0.3 is 17.9 Å². The van der Waals surface area contributed by atoms with Crippen LogP contribution in [0, 0.1) is 0 Å². The number of unbranched alkanes of at least 4 members (excludes halogenated alkanes) is 13. The number of ether oxygens (including phenoxy) is 3. The Labute approximate surface area is 484 Å². The van der Waals surface area contributed by atoms with Crippen molar-refractivity contribution < 1.29 is 28.6 Å². The lowest BCUT2D eigenvalue weighted by Gasteiger charge is -2.18. The molecule has 0 saturated carbocycles. The molecule has 0 N–H and O–H groups in total. The van der Waals surface area contributed by atoms with E-state index in [2.05, 4.69) is 203 Å². The van der Waals surface area contributed by atoms with E-state index in [1.807, 2.05) is 0 Å². The van der Waals surface area contributed by atoms with Gasteiger partial charge in [0.1, 0.15) is 13.2 Å². The van der Waals surface area contributed by atoms with Crippen LogP contribution in [-0.2, 0) is 28.6 Å². The van der Waals surface area contributed by atoms with E-state index in [9.17, 15) is 14.4 Å². The number of allylic oxidation sites excluding steroid dienone is 30. The van der Waals surface area contributed by atoms with Crippen molar-refractivity contribution in [2.45, 2.75) is 245 Å². The summed E-state index contributed by atoms with van der Waals surface area (Å²) in [5, 5.41) is 0. The normalized spacial score (nSPS) is 13.4. The summed E-state index contributed by atoms with van der Waals surface area (Å²) in [5.74, 6) is -1.01. The molecule has 1 atom stereocenters. The van der Waals surface area contributed by atoms with Gasteiger partial charge in [-0.1, -0.05) is 248 Å². The number of esters is 3. The highest BCUT2D eigenvalue weighted by atomic mass is 16.6. The zero-order valence-corrected chi connectivity index (χ0v) is 50.3. The molecule has 0 spiro atoms. The molecule has 0 rings (SSSR count). The molecule has 0 aromatic rings. The Morgan fingerprint density at radius 3 is 0.747 bits per heavy atom. The largest absolute Gasteiger partial charge is 0.462 e. The highest BCUT2D eigenvalue weighted by molar-refractivity contribution is 5.71. The summed E-state index contributed by atoms with van der Waals surface area (Å²) < 4.78 is 16.8. The molecule has 0 amide bonds. The average molecular weight is 1090 g/mol. The molecule has 0 fully saturated rings. The summed E-state index contributed by atoms with van der Waals surface area (Å²) in [4.78, 5) is 38.3. The van der Waals surface area contributed by atoms with Gasteiger partial charge in [0.15, 0.2) is 6.10 Å². The summed E-state index contributed by atoms with van der Waals surface area (Å²) >= 11 is 0. The molecule has 0 aromatic carbocycles. The molecule has 6 heteroatoms. The molecule has 440 valence electrons. The fourth-order valence-corrected chi connectivity index (χ4v) is 7.81. The minimum Gasteiger partial charge on any atom is -0.462 e. The number of rotatable bonds is 54. The highest BCUT2D eigenvalue weighted by Gasteiger charge is 2.19. The van der Waals surface area contributed by atoms with Gasteiger partial charge in [0.05, 0.1) is 0 Å². The SMILES string of the molecule is CC/C=C\C/C=C\C/C=C\C/C=C\C/C=C\C/C=C\CCCCCCCCCCC(=O)OCC(COC(=O)CCCC/C=C\C/C=C\C/C=C\C/C=C\CC)OC(=O)CCCCC/C=C\C/C=C\C/C=C\C/C=C\C/C=C\CC. The molecule has 6 nitrogen and oxygen atoms in total. The maximum atomic E-state index is 12.9. The second-order valence-corrected chi connectivity index (χ2v) is 19.8. The lowest BCUT2D eigenvalue weighted by Crippen LogP contribution is -2.30. The van der Waals surface area contributed by atoms with Crippen LogP contribution < -0.4 is 0 Å². The topological polar surface area (TPSA) is 78.9 Å². The van der Waals surface area contributed by atoms with Gasteiger partial charge in [0, 0.05) is 19.3 Å². The second-order valence-electron chi connectivity index (χ2n) is 19.8. The first-order valence-electron chi connectivity index (χ1n) is 31.3. The maximum Gasteiger partial charge on any atom is 0.306 e. The van der Waals surface area contributed by atoms with Crippen molar-refractivity contribution in [1.82, 2.24) is 0 Å². The first kappa shape index (κ1) is 73.5. The molecule has 0 aliphatic rings. The Morgan fingerprint density at radius 2 is 0.456 bits per heavy atom. The first-order chi connectivity index (χ1) is 39.0. The summed E-state index contributed by atoms with van der Waals surface area (Å²) in [7, 11) is 0. The number of hydrogen-bond donors (Lipinski definition) is 0. The molecular formula is C73H112O6. The van der Waals surface area contributed by atoms with E-state index in [0.29, 0.717) is 19.3 Å². The van der Waals surface area contributed by atoms with Crippen LogP contribution in [0.1, 0.15) is 239 Å². The summed E-state index contributed by atoms with van der Waals surface area (Å²) in [6.07, 6.45) is 97.5. The van der Waals surface area contributed by atoms with E-state index in [4.69, 9.17) is 14.2 Å². The van der Waals surface area contributed by atoms with Gasteiger partial charge in [-0.15, -0.1) is 0 Å². The fraction of sp³-hybridized carbons (Fsp3) is 0.548. The van der Waals surface area contributed by atoms with Crippen LogP contribution in [-0.4, -0.2) is 37.2 Å². The third kappa shape index (κ3) is 63.2. The molecule has 0 heterocycles. The van der Waals surface area contributed by atoms with E-state index >= 15 is 0 Å². The van der Waals surface area contributed by atoms with E-state index in [-0.39, 0.29) is 44.0 Å². The number of carbonyl (C=O) groups is 3. The minimum atomic E-state index is -0.828. The average Bonchev–Trinajstić information content (AvgIpc) is 3.45. The van der Waals surface area contributed by atoms with Crippen molar-refractivity contribution in [3.63, 3.8) is 0 Å². The van der Waals surface area contributed by atoms with Crippen LogP contribution in [0.3, 0.4) is 0 Å². The van der Waals surface area contributed by atoms with Crippen LogP contribution in [0.5, 0.6) is 0 Å². The Kier molecular flexibility index (Phi) is 60.5. The zero-order chi connectivity index (χ0) is 57.1. The maximum absolute atomic E-state index is 12.9. The van der Waals surface area contributed by atoms with Crippen molar-refractivity contribution in [2.75, 3.05) is 13.2 Å². The van der Waals surface area contributed by atoms with E-state index in [1.54, 1.807) is 0 Å². The fourth-order valence-electron chi connectivity index (χ4n) is 7.81. The summed E-state index contributed by atoms with van der Waals surface area (Å²) in [6.45, 7) is 6.21. The molecule has 79 heavy (non-hydrogen) atoms. The van der Waals surface area contributed by atoms with Crippen LogP contribution in [0.4, 0.5) is 0 Å². The Balaban J connectivity index is 4.49. The minimum absolute atomic E-state index is 0.119. The van der Waals surface area contributed by atoms with Crippen molar-refractivity contribution in [2.24, 2.45) is 0 Å². The van der Waals surface area contributed by atoms with Gasteiger partial charge in [0.2, 0.25) is 0 Å². The quantitative estimate of drug-likeness (QED) is 0.0261. The third-order valence-corrected chi connectivity index (χ3v) is 12.4. The number of hydrogen-bond acceptors (Lipinski definition) is 6. The molecule has 0 aliphatic heterocycles. The van der Waals surface area contributed by atoms with E-state index in [0.717, 1.165) is 154 Å². The van der Waals surface area contributed by atoms with Crippen LogP contribution in [0.2, 0.25) is 0 Å². The Hall–Kier alpha value is -5.49. The molecule has 0 radical (unpaired) electrons. The van der Waals surface area contributed by atoms with E-state index in [1.165, 1.54) is 32.1 Å². The van der Waals surface area contributed by atoms with Gasteiger partial charge in [-0.3, -0.25) is 14.4 Å². The van der Waals surface area contributed by atoms with Gasteiger partial charge < -0.3 is 14.2 Å². The lowest BCUT2D eigenvalue weighted by molar-refractivity contribution is -0.167. The second kappa shape index (κ2) is 65.0. The summed E-state index contributed by atoms with van der Waals surface area (Å²) in [6, 6.07) is 0. The van der Waals surface area contributed by atoms with Crippen LogP contribution >= 0.6 is 0 Å². The van der Waals surface area contributed by atoms with Crippen LogP contribution in [0.15, 0.2) is 182 Å². The highest BCUT2D eigenvalue weighted by Crippen LogP contribution is 2.13. The van der Waals surface area contributed by atoms with Crippen molar-refractivity contribution in [3.05, 3.63) is 182 Å². The lowest BCUT2D eigenvalue weighted by atomic mass is 10.1. The summed E-state index contributed by atoms with van der Waals surface area (Å²) in [5.41, 5.74) is 0. The van der Waals surface area contributed by atoms with Crippen LogP contribution in [0.25, 0.3) is 0 Å². The van der Waals surface area contributed by atoms with Crippen molar-refractivity contribution in [1.29, 1.82) is 0 Å². The van der Waals surface area contributed by atoms with Gasteiger partial charge in [0.25, 0.3) is 0 Å². The predicted octanol–water partition coefficient (Wildman–Crippen LogP) is 21.7. The molecule has 0 bridgehead atoms. The van der Waals surface area contributed by atoms with Gasteiger partial charge in [-0.25, -0.2) is 0 Å². The molecule has 1 unspecified atom stereocenters. The third-order valence-electron chi connectivity index (χ3n) is 12.4. The zero-order valence-electron chi connectivity index (χ0n) is 50.3. The monoisotopic (exact) mass is 1080 g/mol. The van der Waals surface area contributed by atoms with Gasteiger partial charge in [-0.2, -0.15) is 0 Å². The number of carbonyl (C=O) groups excluding carboxylic acids is 3. The molecule has 0 aliphatic carbocycles. The van der Waals surface area contributed by atoms with Crippen molar-refractivity contribution in [3.8, 4) is 0 Å². The van der Waals surface area contributed by atoms with Crippen molar-refractivity contribution >= 4 is 17.9 Å². The van der Waals surface area contributed by atoms with Gasteiger partial charge in [-0.05, 0) is 154 Å². The Morgan fingerprint density at radius 1 is 0.253 bits per heavy atom. The smallest absolute Gasteiger partial charge is 0.306 e.